The van der Waals surface area contributed by atoms with Crippen LogP contribution in [-0.2, 0) is 19.3 Å². The Balaban J connectivity index is 1.81. The Kier molecular flexibility index (Phi) is 4.20. The summed E-state index contributed by atoms with van der Waals surface area (Å²) in [6.45, 7) is 1.92. The molecule has 0 N–H and O–H groups in total. The molecule has 1 aromatic carbocycles. The molecular formula is C18H19FOS. The predicted octanol–water partition coefficient (Wildman–Crippen LogP) is 4.89. The first kappa shape index (κ1) is 14.5. The molecule has 3 rings (SSSR count). The molecule has 0 saturated carbocycles. The number of Topliss-reactive ketones (excluding diaryl/α,β-unsaturated/α-hetero) is 1. The quantitative estimate of drug-likeness (QED) is 0.583. The number of ketones is 1. The Morgan fingerprint density at radius 2 is 2.00 bits per heavy atom. The van der Waals surface area contributed by atoms with Gasteiger partial charge >= 0.3 is 0 Å². The van der Waals surface area contributed by atoms with Gasteiger partial charge in [0.2, 0.25) is 0 Å². The lowest BCUT2D eigenvalue weighted by Crippen LogP contribution is -2.03. The zero-order chi connectivity index (χ0) is 14.8. The van der Waals surface area contributed by atoms with Crippen molar-refractivity contribution < 1.29 is 9.18 Å². The summed E-state index contributed by atoms with van der Waals surface area (Å²) in [4.78, 5) is 14.7. The van der Waals surface area contributed by atoms with E-state index >= 15 is 0 Å². The number of thiophene rings is 1. The number of hydrogen-bond donors (Lipinski definition) is 0. The normalized spacial score (nSPS) is 14.6. The van der Waals surface area contributed by atoms with Crippen LogP contribution >= 0.6 is 11.3 Å². The predicted molar refractivity (Wildman–Crippen MR) is 84.7 cm³/mol. The number of fused-ring (bicyclic) bond motifs is 1. The van der Waals surface area contributed by atoms with Crippen molar-refractivity contribution in [2.45, 2.75) is 45.4 Å². The second kappa shape index (κ2) is 6.10. The molecule has 0 fully saturated rings. The molecule has 110 valence electrons. The molecule has 1 aromatic heterocycles. The molecule has 0 radical (unpaired) electrons. The first-order valence-electron chi connectivity index (χ1n) is 7.53. The van der Waals surface area contributed by atoms with Gasteiger partial charge in [-0.1, -0.05) is 12.5 Å². The number of benzene rings is 1. The molecule has 0 bridgehead atoms. The Labute approximate surface area is 128 Å². The van der Waals surface area contributed by atoms with Gasteiger partial charge in [-0.25, -0.2) is 4.39 Å². The summed E-state index contributed by atoms with van der Waals surface area (Å²) in [6.07, 6.45) is 6.23. The van der Waals surface area contributed by atoms with Gasteiger partial charge in [-0.05, 0) is 67.5 Å². The molecule has 3 heteroatoms. The van der Waals surface area contributed by atoms with Crippen LogP contribution in [-0.4, -0.2) is 5.78 Å². The highest BCUT2D eigenvalue weighted by atomic mass is 32.1. The van der Waals surface area contributed by atoms with Crippen molar-refractivity contribution in [1.29, 1.82) is 0 Å². The fourth-order valence-electron chi connectivity index (χ4n) is 2.90. The molecule has 0 amide bonds. The van der Waals surface area contributed by atoms with E-state index in [1.54, 1.807) is 17.4 Å². The molecule has 1 heterocycles. The van der Waals surface area contributed by atoms with Crippen LogP contribution in [0.5, 0.6) is 0 Å². The lowest BCUT2D eigenvalue weighted by Gasteiger charge is -2.04. The molecule has 0 aliphatic heterocycles. The number of halogens is 1. The van der Waals surface area contributed by atoms with Crippen LogP contribution < -0.4 is 0 Å². The Morgan fingerprint density at radius 1 is 1.19 bits per heavy atom. The van der Waals surface area contributed by atoms with Crippen molar-refractivity contribution in [3.05, 3.63) is 56.5 Å². The van der Waals surface area contributed by atoms with Gasteiger partial charge < -0.3 is 0 Å². The molecule has 0 atom stereocenters. The minimum Gasteiger partial charge on any atom is -0.293 e. The average molecular weight is 302 g/mol. The molecule has 1 aliphatic rings. The Morgan fingerprint density at radius 3 is 2.86 bits per heavy atom. The number of rotatable bonds is 3. The lowest BCUT2D eigenvalue weighted by molar-refractivity contribution is 0.0996. The molecule has 0 spiro atoms. The summed E-state index contributed by atoms with van der Waals surface area (Å²) < 4.78 is 13.3. The highest BCUT2D eigenvalue weighted by Crippen LogP contribution is 2.30. The fraction of sp³-hybridized carbons (Fsp3) is 0.389. The molecule has 1 nitrogen and oxygen atoms in total. The zero-order valence-electron chi connectivity index (χ0n) is 12.2. The van der Waals surface area contributed by atoms with E-state index in [0.29, 0.717) is 6.42 Å². The van der Waals surface area contributed by atoms with Gasteiger partial charge in [0.05, 0.1) is 4.88 Å². The average Bonchev–Trinajstić information content (AvgIpc) is 2.74. The first-order chi connectivity index (χ1) is 10.1. The summed E-state index contributed by atoms with van der Waals surface area (Å²) in [5.74, 6) is -0.160. The SMILES string of the molecule is Cc1ccc(F)cc1CC(=O)c1cc2c(s1)CCCCC2. The van der Waals surface area contributed by atoms with Crippen molar-refractivity contribution in [1.82, 2.24) is 0 Å². The van der Waals surface area contributed by atoms with Gasteiger partial charge in [-0.3, -0.25) is 4.79 Å². The molecule has 21 heavy (non-hydrogen) atoms. The maximum absolute atomic E-state index is 13.3. The number of hydrogen-bond acceptors (Lipinski definition) is 2. The van der Waals surface area contributed by atoms with Gasteiger partial charge in [0.25, 0.3) is 0 Å². The van der Waals surface area contributed by atoms with E-state index in [-0.39, 0.29) is 11.6 Å². The molecule has 1 aliphatic carbocycles. The van der Waals surface area contributed by atoms with Crippen molar-refractivity contribution in [3.63, 3.8) is 0 Å². The number of aryl methyl sites for hydroxylation is 3. The molecule has 0 saturated heterocycles. The van der Waals surface area contributed by atoms with Gasteiger partial charge in [0.1, 0.15) is 5.82 Å². The summed E-state index contributed by atoms with van der Waals surface area (Å²) in [6, 6.07) is 6.73. The monoisotopic (exact) mass is 302 g/mol. The van der Waals surface area contributed by atoms with Crippen molar-refractivity contribution >= 4 is 17.1 Å². The van der Waals surface area contributed by atoms with Crippen LogP contribution in [0.2, 0.25) is 0 Å². The maximum Gasteiger partial charge on any atom is 0.177 e. The van der Waals surface area contributed by atoms with Gasteiger partial charge in [0, 0.05) is 11.3 Å². The highest BCUT2D eigenvalue weighted by Gasteiger charge is 2.17. The third kappa shape index (κ3) is 3.24. The standard InChI is InChI=1S/C18H19FOS/c1-12-7-8-15(19)9-14(12)10-16(20)18-11-13-5-3-2-4-6-17(13)21-18/h7-9,11H,2-6,10H2,1H3. The summed E-state index contributed by atoms with van der Waals surface area (Å²) in [5, 5.41) is 0. The van der Waals surface area contributed by atoms with E-state index in [4.69, 9.17) is 0 Å². The van der Waals surface area contributed by atoms with E-state index in [9.17, 15) is 9.18 Å². The third-order valence-electron chi connectivity index (χ3n) is 4.18. The Bertz CT molecular complexity index is 648. The lowest BCUT2D eigenvalue weighted by atomic mass is 10.0. The minimum absolute atomic E-state index is 0.113. The fourth-order valence-corrected chi connectivity index (χ4v) is 4.09. The van der Waals surface area contributed by atoms with E-state index in [2.05, 4.69) is 6.07 Å². The van der Waals surface area contributed by atoms with E-state index < -0.39 is 0 Å². The second-order valence-electron chi connectivity index (χ2n) is 5.79. The van der Waals surface area contributed by atoms with Gasteiger partial charge in [-0.15, -0.1) is 11.3 Å². The second-order valence-corrected chi connectivity index (χ2v) is 6.93. The van der Waals surface area contributed by atoms with Gasteiger partial charge in [0.15, 0.2) is 5.78 Å². The van der Waals surface area contributed by atoms with Crippen LogP contribution in [0.15, 0.2) is 24.3 Å². The summed E-state index contributed by atoms with van der Waals surface area (Å²) in [7, 11) is 0. The van der Waals surface area contributed by atoms with Gasteiger partial charge in [-0.2, -0.15) is 0 Å². The zero-order valence-corrected chi connectivity index (χ0v) is 13.1. The van der Waals surface area contributed by atoms with Crippen LogP contribution in [0.1, 0.15) is 50.5 Å². The van der Waals surface area contributed by atoms with Crippen LogP contribution in [0, 0.1) is 12.7 Å². The molecule has 2 aromatic rings. The maximum atomic E-state index is 13.3. The van der Waals surface area contributed by atoms with E-state index in [1.165, 1.54) is 41.8 Å². The topological polar surface area (TPSA) is 17.1 Å². The van der Waals surface area contributed by atoms with Crippen molar-refractivity contribution in [2.75, 3.05) is 0 Å². The minimum atomic E-state index is -0.273. The van der Waals surface area contributed by atoms with Crippen LogP contribution in [0.3, 0.4) is 0 Å². The van der Waals surface area contributed by atoms with Crippen molar-refractivity contribution in [2.24, 2.45) is 0 Å². The third-order valence-corrected chi connectivity index (χ3v) is 5.46. The number of carbonyl (C=O) groups is 1. The largest absolute Gasteiger partial charge is 0.293 e. The summed E-state index contributed by atoms with van der Waals surface area (Å²) in [5.41, 5.74) is 3.13. The van der Waals surface area contributed by atoms with Crippen LogP contribution in [0.25, 0.3) is 0 Å². The Hall–Kier alpha value is -1.48. The summed E-state index contributed by atoms with van der Waals surface area (Å²) >= 11 is 1.64. The molecular weight excluding hydrogens is 283 g/mol. The van der Waals surface area contributed by atoms with E-state index in [1.807, 2.05) is 6.92 Å². The van der Waals surface area contributed by atoms with E-state index in [0.717, 1.165) is 28.8 Å². The van der Waals surface area contributed by atoms with Crippen LogP contribution in [0.4, 0.5) is 4.39 Å². The molecule has 0 unspecified atom stereocenters. The smallest absolute Gasteiger partial charge is 0.177 e. The van der Waals surface area contributed by atoms with Crippen molar-refractivity contribution in [3.8, 4) is 0 Å². The number of carbonyl (C=O) groups excluding carboxylic acids is 1. The highest BCUT2D eigenvalue weighted by molar-refractivity contribution is 7.14. The first-order valence-corrected chi connectivity index (χ1v) is 8.35.